The lowest BCUT2D eigenvalue weighted by Gasteiger charge is -2.08. The van der Waals surface area contributed by atoms with Crippen LogP contribution in [0.5, 0.6) is 0 Å². The van der Waals surface area contributed by atoms with Gasteiger partial charge < -0.3 is 5.32 Å². The van der Waals surface area contributed by atoms with Crippen LogP contribution in [0, 0.1) is 0 Å². The third-order valence-corrected chi connectivity index (χ3v) is 6.08. The van der Waals surface area contributed by atoms with Crippen molar-refractivity contribution in [1.82, 2.24) is 9.99 Å². The summed E-state index contributed by atoms with van der Waals surface area (Å²) in [6, 6.07) is 18.0. The molecule has 0 spiro atoms. The Morgan fingerprint density at radius 3 is 2.28 bits per heavy atom. The van der Waals surface area contributed by atoms with Gasteiger partial charge in [0, 0.05) is 26.5 Å². The summed E-state index contributed by atoms with van der Waals surface area (Å²) in [5, 5.41) is 6.60. The first-order valence-electron chi connectivity index (χ1n) is 8.75. The van der Waals surface area contributed by atoms with E-state index in [2.05, 4.69) is 22.1 Å². The summed E-state index contributed by atoms with van der Waals surface area (Å²) in [7, 11) is -1.94. The third kappa shape index (κ3) is 4.49. The Balaban J connectivity index is 1.71. The third-order valence-electron chi connectivity index (χ3n) is 4.29. The second-order valence-electron chi connectivity index (χ2n) is 6.13. The number of benzene rings is 2. The quantitative estimate of drug-likeness (QED) is 0.634. The Morgan fingerprint density at radius 1 is 1.00 bits per heavy atom. The molecule has 7 nitrogen and oxygen atoms in total. The van der Waals surface area contributed by atoms with Crippen molar-refractivity contribution in [1.29, 1.82) is 0 Å². The van der Waals surface area contributed by atoms with E-state index in [9.17, 15) is 13.2 Å². The molecule has 3 rings (SSSR count). The van der Waals surface area contributed by atoms with Gasteiger partial charge in [-0.25, -0.2) is 13.1 Å². The van der Waals surface area contributed by atoms with Gasteiger partial charge >= 0.3 is 0 Å². The maximum absolute atomic E-state index is 12.6. The molecule has 0 radical (unpaired) electrons. The molecule has 0 fully saturated rings. The number of amides is 1. The second kappa shape index (κ2) is 8.66. The lowest BCUT2D eigenvalue weighted by atomic mass is 10.2. The van der Waals surface area contributed by atoms with E-state index in [1.165, 1.54) is 16.8 Å². The van der Waals surface area contributed by atoms with Crippen molar-refractivity contribution in [3.63, 3.8) is 0 Å². The maximum Gasteiger partial charge on any atom is 0.253 e. The first kappa shape index (κ1) is 20.2. The molecule has 0 unspecified atom stereocenters. The van der Waals surface area contributed by atoms with Gasteiger partial charge in [0.15, 0.2) is 0 Å². The Labute approximate surface area is 169 Å². The van der Waals surface area contributed by atoms with Crippen LogP contribution in [-0.4, -0.2) is 32.8 Å². The molecule has 0 atom stereocenters. The number of aromatic nitrogens is 1. The number of nitrogens with one attached hydrogen (secondary N) is 1. The first-order chi connectivity index (χ1) is 14.0. The molecule has 0 saturated carbocycles. The van der Waals surface area contributed by atoms with Crippen LogP contribution >= 0.6 is 0 Å². The summed E-state index contributed by atoms with van der Waals surface area (Å²) >= 11 is 0. The average molecular weight is 408 g/mol. The summed E-state index contributed by atoms with van der Waals surface area (Å²) < 4.78 is 26.6. The molecular weight excluding hydrogens is 388 g/mol. The summed E-state index contributed by atoms with van der Waals surface area (Å²) in [6.07, 6.45) is 1.54. The van der Waals surface area contributed by atoms with Gasteiger partial charge in [-0.05, 0) is 42.0 Å². The van der Waals surface area contributed by atoms with Gasteiger partial charge in [-0.1, -0.05) is 30.3 Å². The molecule has 1 aromatic heterocycles. The predicted molar refractivity (Wildman–Crippen MR) is 110 cm³/mol. The molecule has 29 heavy (non-hydrogen) atoms. The average Bonchev–Trinajstić information content (AvgIpc) is 2.77. The Kier molecular flexibility index (Phi) is 6.04. The van der Waals surface area contributed by atoms with E-state index in [1.54, 1.807) is 67.8 Å². The molecule has 0 aliphatic rings. The number of hydrogen-bond acceptors (Lipinski definition) is 5. The van der Waals surface area contributed by atoms with Crippen molar-refractivity contribution in [3.8, 4) is 0 Å². The van der Waals surface area contributed by atoms with E-state index < -0.39 is 9.84 Å². The fourth-order valence-electron chi connectivity index (χ4n) is 2.71. The van der Waals surface area contributed by atoms with Crippen molar-refractivity contribution in [2.24, 2.45) is 10.1 Å². The highest BCUT2D eigenvalue weighted by atomic mass is 32.2. The normalized spacial score (nSPS) is 11.8. The highest BCUT2D eigenvalue weighted by Gasteiger charge is 2.16. The van der Waals surface area contributed by atoms with Crippen LogP contribution in [0.1, 0.15) is 15.9 Å². The van der Waals surface area contributed by atoms with Gasteiger partial charge in [-0.15, -0.1) is 0 Å². The van der Waals surface area contributed by atoms with Crippen molar-refractivity contribution >= 4 is 22.5 Å². The summed E-state index contributed by atoms with van der Waals surface area (Å²) in [4.78, 5) is 16.9. The molecule has 8 heteroatoms. The number of hydrogen-bond donors (Lipinski definition) is 1. The van der Waals surface area contributed by atoms with Gasteiger partial charge in [0.25, 0.3) is 5.91 Å². The largest absolute Gasteiger partial charge is 0.348 e. The van der Waals surface area contributed by atoms with Gasteiger partial charge in [-0.3, -0.25) is 9.79 Å². The molecule has 0 saturated heterocycles. The van der Waals surface area contributed by atoms with E-state index >= 15 is 0 Å². The topological polar surface area (TPSA) is 92.9 Å². The number of carbonyl (C=O) groups is 1. The highest BCUT2D eigenvalue weighted by molar-refractivity contribution is 7.91. The van der Waals surface area contributed by atoms with Gasteiger partial charge in [-0.2, -0.15) is 5.10 Å². The van der Waals surface area contributed by atoms with Crippen molar-refractivity contribution in [2.45, 2.75) is 16.3 Å². The molecule has 0 aliphatic carbocycles. The lowest BCUT2D eigenvalue weighted by molar-refractivity contribution is 0.0950. The number of pyridine rings is 1. The molecule has 0 aliphatic heterocycles. The van der Waals surface area contributed by atoms with Crippen LogP contribution in [-0.2, 0) is 16.4 Å². The zero-order valence-corrected chi connectivity index (χ0v) is 16.6. The number of sulfone groups is 1. The Hall–Kier alpha value is -3.52. The summed E-state index contributed by atoms with van der Waals surface area (Å²) in [5.74, 6) is -0.286. The molecule has 3 aromatic rings. The van der Waals surface area contributed by atoms with Gasteiger partial charge in [0.05, 0.1) is 15.4 Å². The van der Waals surface area contributed by atoms with Crippen LogP contribution in [0.4, 0.5) is 0 Å². The van der Waals surface area contributed by atoms with Crippen molar-refractivity contribution in [2.75, 3.05) is 7.05 Å². The number of rotatable bonds is 6. The van der Waals surface area contributed by atoms with Gasteiger partial charge in [0.1, 0.15) is 5.49 Å². The van der Waals surface area contributed by atoms with E-state index in [0.29, 0.717) is 11.1 Å². The molecule has 148 valence electrons. The Bertz CT molecular complexity index is 1200. The van der Waals surface area contributed by atoms with E-state index in [4.69, 9.17) is 0 Å². The second-order valence-corrected chi connectivity index (χ2v) is 8.08. The molecule has 1 amide bonds. The monoisotopic (exact) mass is 408 g/mol. The zero-order chi connectivity index (χ0) is 20.9. The fraction of sp³-hybridized carbons (Fsp3) is 0.0952. The maximum atomic E-state index is 12.6. The van der Waals surface area contributed by atoms with Crippen LogP contribution in [0.15, 0.2) is 92.8 Å². The number of nitrogens with zero attached hydrogens (tertiary/aromatic N) is 3. The van der Waals surface area contributed by atoms with Crippen LogP contribution in [0.25, 0.3) is 0 Å². The molecular formula is C21H20N4O3S. The van der Waals surface area contributed by atoms with E-state index in [0.717, 1.165) is 5.56 Å². The number of carbonyl (C=O) groups excluding carboxylic acids is 1. The van der Waals surface area contributed by atoms with Crippen molar-refractivity contribution in [3.05, 3.63) is 89.5 Å². The predicted octanol–water partition coefficient (Wildman–Crippen LogP) is 2.25. The smallest absolute Gasteiger partial charge is 0.253 e. The first-order valence-corrected chi connectivity index (χ1v) is 10.2. The Morgan fingerprint density at radius 2 is 1.66 bits per heavy atom. The van der Waals surface area contributed by atoms with E-state index in [-0.39, 0.29) is 22.2 Å². The summed E-state index contributed by atoms with van der Waals surface area (Å²) in [6.45, 7) is 3.71. The fourth-order valence-corrected chi connectivity index (χ4v) is 3.99. The minimum atomic E-state index is -3.56. The minimum absolute atomic E-state index is 0.204. The van der Waals surface area contributed by atoms with Gasteiger partial charge in [0.2, 0.25) is 9.84 Å². The van der Waals surface area contributed by atoms with Crippen LogP contribution in [0.2, 0.25) is 0 Å². The van der Waals surface area contributed by atoms with E-state index in [1.807, 2.05) is 0 Å². The van der Waals surface area contributed by atoms with Crippen LogP contribution in [0.3, 0.4) is 0 Å². The molecule has 2 aromatic carbocycles. The molecule has 1 heterocycles. The van der Waals surface area contributed by atoms with Crippen molar-refractivity contribution < 1.29 is 13.2 Å². The standard InChI is InChI=1S/C21H20N4O3S/c1-22-20-13-10-17(15-25(20)23-2)21(26)24-14-16-8-11-19(12-9-16)29(27,28)18-6-4-3-5-7-18/h3-13,15H,2,14H2,1H3,(H,24,26). The molecule has 0 bridgehead atoms. The highest BCUT2D eigenvalue weighted by Crippen LogP contribution is 2.20. The minimum Gasteiger partial charge on any atom is -0.348 e. The van der Waals surface area contributed by atoms with Crippen LogP contribution < -0.4 is 10.8 Å². The lowest BCUT2D eigenvalue weighted by Crippen LogP contribution is -2.25. The molecule has 1 N–H and O–H groups in total. The zero-order valence-electron chi connectivity index (χ0n) is 15.8. The SMILES string of the molecule is C=Nn1cc(C(=O)NCc2ccc(S(=O)(=O)c3ccccc3)cc2)ccc1=NC. The summed E-state index contributed by atoms with van der Waals surface area (Å²) in [5.41, 5.74) is 1.76.